The van der Waals surface area contributed by atoms with Gasteiger partial charge in [0, 0.05) is 23.8 Å². The number of benzene rings is 2. The van der Waals surface area contributed by atoms with Crippen molar-refractivity contribution in [1.29, 1.82) is 0 Å². The number of amides is 1. The predicted molar refractivity (Wildman–Crippen MR) is 105 cm³/mol. The summed E-state index contributed by atoms with van der Waals surface area (Å²) >= 11 is 3.31. The average molecular weight is 441 g/mol. The minimum Gasteiger partial charge on any atom is -0.383 e. The molecule has 0 bridgehead atoms. The number of halogens is 1. The molecule has 6 nitrogen and oxygen atoms in total. The van der Waals surface area contributed by atoms with E-state index in [0.717, 1.165) is 11.1 Å². The lowest BCUT2D eigenvalue weighted by Crippen LogP contribution is -2.27. The Labute approximate surface area is 162 Å². The van der Waals surface area contributed by atoms with Crippen LogP contribution in [0.2, 0.25) is 0 Å². The van der Waals surface area contributed by atoms with Gasteiger partial charge in [-0.25, -0.2) is 13.1 Å². The first-order chi connectivity index (χ1) is 12.2. The highest BCUT2D eigenvalue weighted by Crippen LogP contribution is 2.23. The van der Waals surface area contributed by atoms with Crippen molar-refractivity contribution < 1.29 is 17.9 Å². The number of carbonyl (C=O) groups is 1. The van der Waals surface area contributed by atoms with Crippen molar-refractivity contribution in [2.24, 2.45) is 0 Å². The first-order valence-corrected chi connectivity index (χ1v) is 10.2. The van der Waals surface area contributed by atoms with Crippen molar-refractivity contribution >= 4 is 37.5 Å². The molecule has 2 aromatic carbocycles. The van der Waals surface area contributed by atoms with E-state index in [9.17, 15) is 13.2 Å². The van der Waals surface area contributed by atoms with Crippen LogP contribution in [0.25, 0.3) is 0 Å². The predicted octanol–water partition coefficient (Wildman–Crippen LogP) is 3.24. The van der Waals surface area contributed by atoms with Gasteiger partial charge in [-0.15, -0.1) is 0 Å². The minimum absolute atomic E-state index is 0.0158. The van der Waals surface area contributed by atoms with Gasteiger partial charge in [0.25, 0.3) is 5.91 Å². The summed E-state index contributed by atoms with van der Waals surface area (Å²) in [4.78, 5) is 12.6. The topological polar surface area (TPSA) is 84.5 Å². The number of anilines is 1. The number of aryl methyl sites for hydroxylation is 2. The van der Waals surface area contributed by atoms with E-state index in [1.54, 1.807) is 12.1 Å². The van der Waals surface area contributed by atoms with E-state index >= 15 is 0 Å². The summed E-state index contributed by atoms with van der Waals surface area (Å²) in [6.07, 6.45) is 0. The highest BCUT2D eigenvalue weighted by molar-refractivity contribution is 9.10. The van der Waals surface area contributed by atoms with Crippen molar-refractivity contribution in [3.05, 3.63) is 57.6 Å². The van der Waals surface area contributed by atoms with Crippen LogP contribution in [0.1, 0.15) is 21.5 Å². The zero-order valence-electron chi connectivity index (χ0n) is 14.8. The molecule has 0 aliphatic rings. The summed E-state index contributed by atoms with van der Waals surface area (Å²) < 4.78 is 32.4. The SMILES string of the molecule is COCCNS(=O)(=O)c1ccc(Br)c(C(=O)Nc2ccc(C)c(C)c2)c1. The van der Waals surface area contributed by atoms with Gasteiger partial charge < -0.3 is 10.1 Å². The fourth-order valence-electron chi connectivity index (χ4n) is 2.22. The molecular weight excluding hydrogens is 420 g/mol. The third kappa shape index (κ3) is 5.14. The smallest absolute Gasteiger partial charge is 0.256 e. The molecular formula is C18H21BrN2O4S. The van der Waals surface area contributed by atoms with Crippen LogP contribution >= 0.6 is 15.9 Å². The number of carbonyl (C=O) groups excluding carboxylic acids is 1. The number of ether oxygens (including phenoxy) is 1. The number of rotatable bonds is 7. The number of methoxy groups -OCH3 is 1. The summed E-state index contributed by atoms with van der Waals surface area (Å²) in [5.74, 6) is -0.394. The molecule has 0 heterocycles. The lowest BCUT2D eigenvalue weighted by atomic mass is 10.1. The van der Waals surface area contributed by atoms with Gasteiger partial charge in [-0.2, -0.15) is 0 Å². The summed E-state index contributed by atoms with van der Waals surface area (Å²) in [5.41, 5.74) is 3.06. The van der Waals surface area contributed by atoms with Crippen molar-refractivity contribution in [1.82, 2.24) is 4.72 Å². The zero-order chi connectivity index (χ0) is 19.3. The van der Waals surface area contributed by atoms with Gasteiger partial charge in [-0.1, -0.05) is 6.07 Å². The second-order valence-electron chi connectivity index (χ2n) is 5.79. The third-order valence-electron chi connectivity index (χ3n) is 3.86. The van der Waals surface area contributed by atoms with Crippen molar-refractivity contribution in [3.8, 4) is 0 Å². The Bertz CT molecular complexity index is 913. The molecule has 0 aliphatic carbocycles. The van der Waals surface area contributed by atoms with Gasteiger partial charge in [-0.05, 0) is 71.2 Å². The Morgan fingerprint density at radius 3 is 2.50 bits per heavy atom. The Kier molecular flexibility index (Phi) is 6.94. The lowest BCUT2D eigenvalue weighted by molar-refractivity contribution is 0.102. The molecule has 0 fully saturated rings. The van der Waals surface area contributed by atoms with Crippen molar-refractivity contribution in [3.63, 3.8) is 0 Å². The van der Waals surface area contributed by atoms with E-state index in [4.69, 9.17) is 4.74 Å². The zero-order valence-corrected chi connectivity index (χ0v) is 17.2. The molecule has 2 rings (SSSR count). The summed E-state index contributed by atoms with van der Waals surface area (Å²) in [6.45, 7) is 4.36. The summed E-state index contributed by atoms with van der Waals surface area (Å²) in [7, 11) is -2.23. The van der Waals surface area contributed by atoms with Gasteiger partial charge in [-0.3, -0.25) is 4.79 Å². The van der Waals surface area contributed by atoms with Gasteiger partial charge >= 0.3 is 0 Å². The maximum atomic E-state index is 12.6. The molecule has 1 amide bonds. The normalized spacial score (nSPS) is 11.4. The van der Waals surface area contributed by atoms with Crippen molar-refractivity contribution in [2.45, 2.75) is 18.7 Å². The van der Waals surface area contributed by atoms with Crippen molar-refractivity contribution in [2.75, 3.05) is 25.6 Å². The van der Waals surface area contributed by atoms with Gasteiger partial charge in [0.1, 0.15) is 0 Å². The van der Waals surface area contributed by atoms with Crippen LogP contribution in [-0.2, 0) is 14.8 Å². The average Bonchev–Trinajstić information content (AvgIpc) is 2.58. The highest BCUT2D eigenvalue weighted by atomic mass is 79.9. The molecule has 0 saturated heterocycles. The molecule has 26 heavy (non-hydrogen) atoms. The van der Waals surface area contributed by atoms with Crippen LogP contribution in [0, 0.1) is 13.8 Å². The molecule has 140 valence electrons. The third-order valence-corrected chi connectivity index (χ3v) is 6.01. The first-order valence-electron chi connectivity index (χ1n) is 7.91. The Balaban J connectivity index is 2.25. The van der Waals surface area contributed by atoms with Gasteiger partial charge in [0.2, 0.25) is 10.0 Å². The molecule has 0 spiro atoms. The molecule has 2 N–H and O–H groups in total. The Morgan fingerprint density at radius 2 is 1.85 bits per heavy atom. The van der Waals surface area contributed by atoms with Crippen LogP contribution in [0.5, 0.6) is 0 Å². The van der Waals surface area contributed by atoms with E-state index in [-0.39, 0.29) is 23.6 Å². The van der Waals surface area contributed by atoms with Crippen LogP contribution in [-0.4, -0.2) is 34.6 Å². The van der Waals surface area contributed by atoms with Crippen LogP contribution in [0.4, 0.5) is 5.69 Å². The molecule has 0 unspecified atom stereocenters. The highest BCUT2D eigenvalue weighted by Gasteiger charge is 2.18. The molecule has 0 aliphatic heterocycles. The second-order valence-corrected chi connectivity index (χ2v) is 8.41. The van der Waals surface area contributed by atoms with E-state index in [2.05, 4.69) is 26.0 Å². The maximum absolute atomic E-state index is 12.6. The monoisotopic (exact) mass is 440 g/mol. The molecule has 8 heteroatoms. The number of hydrogen-bond acceptors (Lipinski definition) is 4. The summed E-state index contributed by atoms with van der Waals surface area (Å²) in [6, 6.07) is 9.91. The Morgan fingerprint density at radius 1 is 1.12 bits per heavy atom. The fraction of sp³-hybridized carbons (Fsp3) is 0.278. The number of sulfonamides is 1. The van der Waals surface area contributed by atoms with Gasteiger partial charge in [0.05, 0.1) is 17.1 Å². The number of nitrogens with one attached hydrogen (secondary N) is 2. The molecule has 0 saturated carbocycles. The molecule has 2 aromatic rings. The first kappa shape index (κ1) is 20.6. The molecule has 0 radical (unpaired) electrons. The quantitative estimate of drug-likeness (QED) is 0.647. The minimum atomic E-state index is -3.72. The molecule has 0 atom stereocenters. The summed E-state index contributed by atoms with van der Waals surface area (Å²) in [5, 5.41) is 2.79. The lowest BCUT2D eigenvalue weighted by Gasteiger charge is -2.11. The largest absolute Gasteiger partial charge is 0.383 e. The Hall–Kier alpha value is -1.74. The number of hydrogen-bond donors (Lipinski definition) is 2. The van der Waals surface area contributed by atoms with E-state index in [0.29, 0.717) is 10.2 Å². The van der Waals surface area contributed by atoms with Crippen LogP contribution < -0.4 is 10.0 Å². The van der Waals surface area contributed by atoms with E-state index in [1.165, 1.54) is 19.2 Å². The maximum Gasteiger partial charge on any atom is 0.256 e. The van der Waals surface area contributed by atoms with Gasteiger partial charge in [0.15, 0.2) is 0 Å². The van der Waals surface area contributed by atoms with E-state index in [1.807, 2.05) is 26.0 Å². The standard InChI is InChI=1S/C18H21BrN2O4S/c1-12-4-5-14(10-13(12)2)21-18(22)16-11-15(6-7-17(16)19)26(23,24)20-8-9-25-3/h4-7,10-11,20H,8-9H2,1-3H3,(H,21,22). The molecule has 0 aromatic heterocycles. The second kappa shape index (κ2) is 8.77. The van der Waals surface area contributed by atoms with E-state index < -0.39 is 15.9 Å². The van der Waals surface area contributed by atoms with Crippen LogP contribution in [0.3, 0.4) is 0 Å². The fourth-order valence-corrected chi connectivity index (χ4v) is 3.69. The van der Waals surface area contributed by atoms with Crippen LogP contribution in [0.15, 0.2) is 45.8 Å².